The Hall–Kier alpha value is -4.67. The van der Waals surface area contributed by atoms with E-state index in [9.17, 15) is 26.7 Å². The maximum absolute atomic E-state index is 14.9. The van der Waals surface area contributed by atoms with Gasteiger partial charge in [-0.1, -0.05) is 0 Å². The van der Waals surface area contributed by atoms with Crippen molar-refractivity contribution in [2.45, 2.75) is 19.0 Å². The first-order chi connectivity index (χ1) is 18.7. The molecule has 0 bridgehead atoms. The van der Waals surface area contributed by atoms with Crippen LogP contribution >= 0.6 is 0 Å². The second-order valence-corrected chi connectivity index (χ2v) is 8.72. The molecule has 5 rings (SSSR count). The second kappa shape index (κ2) is 10.6. The molecule has 0 aliphatic heterocycles. The van der Waals surface area contributed by atoms with Crippen molar-refractivity contribution in [2.24, 2.45) is 0 Å². The van der Waals surface area contributed by atoms with Gasteiger partial charge in [-0.2, -0.15) is 13.2 Å². The highest BCUT2D eigenvalue weighted by Gasteiger charge is 2.32. The van der Waals surface area contributed by atoms with E-state index in [1.54, 1.807) is 18.5 Å². The van der Waals surface area contributed by atoms with Crippen molar-refractivity contribution < 1.29 is 26.7 Å². The quantitative estimate of drug-likeness (QED) is 0.187. The lowest BCUT2D eigenvalue weighted by atomic mass is 10.0. The molecule has 0 radical (unpaired) electrons. The normalized spacial score (nSPS) is 11.6. The summed E-state index contributed by atoms with van der Waals surface area (Å²) in [5, 5.41) is 2.80. The van der Waals surface area contributed by atoms with Crippen LogP contribution in [-0.2, 0) is 12.6 Å². The van der Waals surface area contributed by atoms with Crippen LogP contribution < -0.4 is 5.32 Å². The van der Waals surface area contributed by atoms with Crippen LogP contribution in [0.3, 0.4) is 0 Å². The number of hydrogen-bond acceptors (Lipinski definition) is 4. The van der Waals surface area contributed by atoms with Gasteiger partial charge in [0.25, 0.3) is 5.91 Å². The average molecular weight is 537 g/mol. The van der Waals surface area contributed by atoms with E-state index in [2.05, 4.69) is 25.3 Å². The molecule has 0 unspecified atom stereocenters. The predicted molar refractivity (Wildman–Crippen MR) is 135 cm³/mol. The van der Waals surface area contributed by atoms with Gasteiger partial charge in [0, 0.05) is 42.0 Å². The topological polar surface area (TPSA) is 83.6 Å². The number of aromatic amines is 1. The van der Waals surface area contributed by atoms with E-state index in [4.69, 9.17) is 0 Å². The molecule has 198 valence electrons. The minimum Gasteiger partial charge on any atom is -0.352 e. The Kier molecular flexibility index (Phi) is 7.05. The molecule has 0 saturated carbocycles. The number of nitrogens with zero attached hydrogens (tertiary/aromatic N) is 3. The molecule has 0 saturated heterocycles. The molecular formula is C28H20F5N5O. The summed E-state index contributed by atoms with van der Waals surface area (Å²) in [6.07, 6.45) is -0.0673. The van der Waals surface area contributed by atoms with Crippen molar-refractivity contribution >= 4 is 16.9 Å². The van der Waals surface area contributed by atoms with E-state index in [0.29, 0.717) is 48.7 Å². The summed E-state index contributed by atoms with van der Waals surface area (Å²) in [7, 11) is 0. The monoisotopic (exact) mass is 537 g/mol. The number of aromatic nitrogens is 4. The summed E-state index contributed by atoms with van der Waals surface area (Å²) in [5.74, 6) is -1.05. The van der Waals surface area contributed by atoms with E-state index < -0.39 is 28.9 Å². The molecule has 0 fully saturated rings. The van der Waals surface area contributed by atoms with Gasteiger partial charge in [0.15, 0.2) is 0 Å². The van der Waals surface area contributed by atoms with Crippen molar-refractivity contribution in [1.29, 1.82) is 0 Å². The summed E-state index contributed by atoms with van der Waals surface area (Å²) in [4.78, 5) is 28.8. The Balaban J connectivity index is 1.53. The fourth-order valence-corrected chi connectivity index (χ4v) is 4.07. The summed E-state index contributed by atoms with van der Waals surface area (Å²) < 4.78 is 68.8. The fourth-order valence-electron chi connectivity index (χ4n) is 4.07. The Morgan fingerprint density at radius 1 is 0.897 bits per heavy atom. The number of amides is 1. The fraction of sp³-hybridized carbons (Fsp3) is 0.143. The first-order valence-electron chi connectivity index (χ1n) is 11.9. The van der Waals surface area contributed by atoms with Crippen molar-refractivity contribution in [3.63, 3.8) is 0 Å². The van der Waals surface area contributed by atoms with Crippen molar-refractivity contribution in [2.75, 3.05) is 6.54 Å². The zero-order valence-corrected chi connectivity index (χ0v) is 20.2. The SMILES string of the molecule is O=C(NCCCc1ncc[nH]1)c1ccc2nc(-c3ccc(F)cc3)c(-c3cc(C(F)(F)F)ccc3F)nc2c1. The van der Waals surface area contributed by atoms with E-state index in [1.165, 1.54) is 24.3 Å². The van der Waals surface area contributed by atoms with E-state index >= 15 is 0 Å². The summed E-state index contributed by atoms with van der Waals surface area (Å²) in [6, 6.07) is 11.6. The van der Waals surface area contributed by atoms with Gasteiger partial charge < -0.3 is 10.3 Å². The number of halogens is 5. The summed E-state index contributed by atoms with van der Waals surface area (Å²) in [5.41, 5.74) is -0.518. The zero-order valence-electron chi connectivity index (χ0n) is 20.2. The molecule has 3 aromatic carbocycles. The number of aryl methyl sites for hydroxylation is 1. The van der Waals surface area contributed by atoms with Crippen LogP contribution in [0.1, 0.15) is 28.2 Å². The van der Waals surface area contributed by atoms with E-state index in [1.807, 2.05) is 0 Å². The number of alkyl halides is 3. The van der Waals surface area contributed by atoms with Crippen LogP contribution in [-0.4, -0.2) is 32.4 Å². The van der Waals surface area contributed by atoms with Crippen LogP contribution in [0.15, 0.2) is 73.1 Å². The highest BCUT2D eigenvalue weighted by molar-refractivity contribution is 5.98. The van der Waals surface area contributed by atoms with Crippen LogP contribution in [0.2, 0.25) is 0 Å². The van der Waals surface area contributed by atoms with Crippen molar-refractivity contribution in [3.05, 3.63) is 102 Å². The molecule has 2 heterocycles. The van der Waals surface area contributed by atoms with Crippen LogP contribution in [0.5, 0.6) is 0 Å². The van der Waals surface area contributed by atoms with Gasteiger partial charge in [-0.25, -0.2) is 23.7 Å². The number of nitrogens with one attached hydrogen (secondary N) is 2. The van der Waals surface area contributed by atoms with Gasteiger partial charge in [0.05, 0.1) is 22.3 Å². The lowest BCUT2D eigenvalue weighted by molar-refractivity contribution is -0.137. The number of H-pyrrole nitrogens is 1. The Bertz CT molecular complexity index is 1630. The standard InChI is InChI=1S/C28H20F5N5O/c29-19-7-3-16(4-8-19)25-26(20-15-18(28(31,32)33)6-9-21(20)30)38-23-14-17(5-10-22(23)37-25)27(39)36-11-1-2-24-34-12-13-35-24/h3-10,12-15H,1-2,11H2,(H,34,35)(H,36,39). The molecule has 11 heteroatoms. The number of rotatable bonds is 7. The molecule has 0 spiro atoms. The van der Waals surface area contributed by atoms with Crippen LogP contribution in [0.4, 0.5) is 22.0 Å². The van der Waals surface area contributed by atoms with Gasteiger partial charge >= 0.3 is 6.18 Å². The third kappa shape index (κ3) is 5.77. The highest BCUT2D eigenvalue weighted by Crippen LogP contribution is 2.37. The minimum absolute atomic E-state index is 0.0656. The van der Waals surface area contributed by atoms with Gasteiger partial charge in [-0.05, 0) is 67.1 Å². The zero-order chi connectivity index (χ0) is 27.6. The maximum atomic E-state index is 14.9. The molecule has 39 heavy (non-hydrogen) atoms. The van der Waals surface area contributed by atoms with Crippen LogP contribution in [0.25, 0.3) is 33.5 Å². The lowest BCUT2D eigenvalue weighted by Crippen LogP contribution is -2.24. The third-order valence-electron chi connectivity index (χ3n) is 6.02. The molecular weight excluding hydrogens is 517 g/mol. The molecule has 1 amide bonds. The number of hydrogen-bond donors (Lipinski definition) is 2. The molecule has 0 atom stereocenters. The average Bonchev–Trinajstić information content (AvgIpc) is 3.44. The summed E-state index contributed by atoms with van der Waals surface area (Å²) in [6.45, 7) is 0.382. The van der Waals surface area contributed by atoms with Crippen molar-refractivity contribution in [1.82, 2.24) is 25.3 Å². The van der Waals surface area contributed by atoms with Crippen molar-refractivity contribution in [3.8, 4) is 22.5 Å². The largest absolute Gasteiger partial charge is 0.416 e. The number of benzene rings is 3. The van der Waals surface area contributed by atoms with Crippen LogP contribution in [0, 0.1) is 11.6 Å². The maximum Gasteiger partial charge on any atom is 0.416 e. The molecule has 2 N–H and O–H groups in total. The minimum atomic E-state index is -4.72. The van der Waals surface area contributed by atoms with E-state index in [0.717, 1.165) is 18.0 Å². The number of carbonyl (C=O) groups excluding carboxylic acids is 1. The molecule has 0 aliphatic rings. The smallest absolute Gasteiger partial charge is 0.352 e. The Morgan fingerprint density at radius 3 is 2.38 bits per heavy atom. The molecule has 0 aliphatic carbocycles. The van der Waals surface area contributed by atoms with Gasteiger partial charge in [0.1, 0.15) is 23.2 Å². The van der Waals surface area contributed by atoms with E-state index in [-0.39, 0.29) is 28.4 Å². The van der Waals surface area contributed by atoms with Gasteiger partial charge in [-0.15, -0.1) is 0 Å². The molecule has 5 aromatic rings. The third-order valence-corrected chi connectivity index (χ3v) is 6.02. The molecule has 2 aromatic heterocycles. The molecule has 6 nitrogen and oxygen atoms in total. The Labute approximate surface area is 219 Å². The number of carbonyl (C=O) groups is 1. The number of imidazole rings is 1. The number of fused-ring (bicyclic) bond motifs is 1. The van der Waals surface area contributed by atoms with Gasteiger partial charge in [-0.3, -0.25) is 4.79 Å². The predicted octanol–water partition coefficient (Wildman–Crippen LogP) is 6.35. The second-order valence-electron chi connectivity index (χ2n) is 8.72. The lowest BCUT2D eigenvalue weighted by Gasteiger charge is -2.14. The summed E-state index contributed by atoms with van der Waals surface area (Å²) >= 11 is 0. The Morgan fingerprint density at radius 2 is 1.67 bits per heavy atom. The first-order valence-corrected chi connectivity index (χ1v) is 11.9. The highest BCUT2D eigenvalue weighted by atomic mass is 19.4. The first kappa shape index (κ1) is 26.0. The van der Waals surface area contributed by atoms with Gasteiger partial charge in [0.2, 0.25) is 0 Å².